The largest absolute Gasteiger partial charge is 0.324 e. The van der Waals surface area contributed by atoms with Crippen molar-refractivity contribution in [1.82, 2.24) is 0 Å². The summed E-state index contributed by atoms with van der Waals surface area (Å²) in [6.45, 7) is 6.84. The number of hydrogen-bond acceptors (Lipinski definition) is 1. The predicted molar refractivity (Wildman–Crippen MR) is 74.0 cm³/mol. The lowest BCUT2D eigenvalue weighted by Gasteiger charge is -2.40. The third-order valence-electron chi connectivity index (χ3n) is 5.07. The van der Waals surface area contributed by atoms with Gasteiger partial charge >= 0.3 is 0 Å². The predicted octanol–water partition coefficient (Wildman–Crippen LogP) is 3.87. The van der Waals surface area contributed by atoms with Gasteiger partial charge in [0.2, 0.25) is 0 Å². The molecule has 2 atom stereocenters. The minimum Gasteiger partial charge on any atom is -0.324 e. The Balaban J connectivity index is 2.41. The Bertz CT molecular complexity index is 366. The third kappa shape index (κ3) is 1.72. The molecule has 1 nitrogen and oxygen atoms in total. The summed E-state index contributed by atoms with van der Waals surface area (Å²) in [6.07, 6.45) is 4.69. The van der Waals surface area contributed by atoms with Crippen molar-refractivity contribution in [1.29, 1.82) is 0 Å². The maximum absolute atomic E-state index is 6.73. The molecule has 1 aliphatic rings. The van der Waals surface area contributed by atoms with Crippen LogP contribution in [0.15, 0.2) is 30.3 Å². The number of rotatable bonds is 5. The van der Waals surface area contributed by atoms with Crippen LogP contribution in [0, 0.1) is 5.92 Å². The second-order valence-electron chi connectivity index (χ2n) is 5.50. The number of nitrogens with two attached hydrogens (primary N) is 1. The third-order valence-corrected chi connectivity index (χ3v) is 5.07. The normalized spacial score (nSPS) is 28.1. The van der Waals surface area contributed by atoms with Gasteiger partial charge in [-0.25, -0.2) is 0 Å². The summed E-state index contributed by atoms with van der Waals surface area (Å²) in [5.74, 6) is 0.711. The number of benzene rings is 1. The molecule has 1 aromatic rings. The van der Waals surface area contributed by atoms with Gasteiger partial charge < -0.3 is 5.73 Å². The van der Waals surface area contributed by atoms with Crippen molar-refractivity contribution >= 4 is 0 Å². The van der Waals surface area contributed by atoms with Gasteiger partial charge in [-0.15, -0.1) is 0 Å². The fraction of sp³-hybridized carbons (Fsp3) is 0.625. The van der Waals surface area contributed by atoms with Crippen molar-refractivity contribution in [2.45, 2.75) is 57.4 Å². The summed E-state index contributed by atoms with van der Waals surface area (Å²) in [7, 11) is 0. The van der Waals surface area contributed by atoms with E-state index in [0.29, 0.717) is 5.92 Å². The molecule has 0 amide bonds. The van der Waals surface area contributed by atoms with Crippen LogP contribution in [0.2, 0.25) is 0 Å². The van der Waals surface area contributed by atoms with Gasteiger partial charge in [0.15, 0.2) is 0 Å². The highest BCUT2D eigenvalue weighted by atomic mass is 14.9. The first kappa shape index (κ1) is 12.6. The molecule has 0 aliphatic heterocycles. The van der Waals surface area contributed by atoms with Crippen LogP contribution in [0.5, 0.6) is 0 Å². The van der Waals surface area contributed by atoms with E-state index in [1.807, 2.05) is 0 Å². The Morgan fingerprint density at radius 3 is 2.18 bits per heavy atom. The van der Waals surface area contributed by atoms with Gasteiger partial charge in [0.25, 0.3) is 0 Å². The van der Waals surface area contributed by atoms with E-state index in [1.165, 1.54) is 18.4 Å². The van der Waals surface area contributed by atoms with Crippen LogP contribution in [-0.4, -0.2) is 5.54 Å². The van der Waals surface area contributed by atoms with Crippen molar-refractivity contribution in [2.75, 3.05) is 0 Å². The molecule has 0 spiro atoms. The zero-order valence-electron chi connectivity index (χ0n) is 11.4. The average molecular weight is 231 g/mol. The molecule has 2 N–H and O–H groups in total. The summed E-state index contributed by atoms with van der Waals surface area (Å²) in [4.78, 5) is 0. The lowest BCUT2D eigenvalue weighted by Crippen LogP contribution is -2.48. The zero-order chi connectivity index (χ0) is 12.5. The molecule has 2 unspecified atom stereocenters. The summed E-state index contributed by atoms with van der Waals surface area (Å²) in [5, 5.41) is 0. The van der Waals surface area contributed by atoms with E-state index < -0.39 is 0 Å². The molecule has 2 rings (SSSR count). The molecule has 1 fully saturated rings. The van der Waals surface area contributed by atoms with E-state index in [9.17, 15) is 0 Å². The molecular formula is C16H25N. The van der Waals surface area contributed by atoms with Crippen LogP contribution >= 0.6 is 0 Å². The van der Waals surface area contributed by atoms with Gasteiger partial charge in [-0.05, 0) is 30.7 Å². The van der Waals surface area contributed by atoms with E-state index in [1.54, 1.807) is 0 Å². The summed E-state index contributed by atoms with van der Waals surface area (Å²) in [6, 6.07) is 10.9. The Morgan fingerprint density at radius 2 is 1.76 bits per heavy atom. The Morgan fingerprint density at radius 1 is 1.18 bits per heavy atom. The second kappa shape index (κ2) is 4.45. The molecule has 0 bridgehead atoms. The maximum Gasteiger partial charge on any atom is 0.0284 e. The standard InChI is InChI=1S/C16H25N/c1-4-13-12-16(13,17)15(5-2,6-3)14-10-8-7-9-11-14/h7-11,13H,4-6,12,17H2,1-3H3. The van der Waals surface area contributed by atoms with E-state index in [2.05, 4.69) is 51.1 Å². The first-order chi connectivity index (χ1) is 8.14. The highest BCUT2D eigenvalue weighted by Crippen LogP contribution is 2.58. The molecular weight excluding hydrogens is 206 g/mol. The molecule has 1 saturated carbocycles. The van der Waals surface area contributed by atoms with Crippen molar-refractivity contribution in [3.05, 3.63) is 35.9 Å². The van der Waals surface area contributed by atoms with Crippen LogP contribution in [0.1, 0.15) is 52.0 Å². The molecule has 1 aromatic carbocycles. The van der Waals surface area contributed by atoms with Crippen molar-refractivity contribution in [2.24, 2.45) is 11.7 Å². The summed E-state index contributed by atoms with van der Waals surface area (Å²) >= 11 is 0. The van der Waals surface area contributed by atoms with Gasteiger partial charge in [-0.2, -0.15) is 0 Å². The van der Waals surface area contributed by atoms with E-state index in [0.717, 1.165) is 12.8 Å². The summed E-state index contributed by atoms with van der Waals surface area (Å²) in [5.41, 5.74) is 8.38. The number of hydrogen-bond donors (Lipinski definition) is 1. The summed E-state index contributed by atoms with van der Waals surface area (Å²) < 4.78 is 0. The van der Waals surface area contributed by atoms with Crippen molar-refractivity contribution in [3.8, 4) is 0 Å². The van der Waals surface area contributed by atoms with Gasteiger partial charge in [0.05, 0.1) is 0 Å². The Hall–Kier alpha value is -0.820. The van der Waals surface area contributed by atoms with Crippen LogP contribution in [0.25, 0.3) is 0 Å². The fourth-order valence-corrected chi connectivity index (χ4v) is 3.79. The highest BCUT2D eigenvalue weighted by Gasteiger charge is 2.61. The molecule has 17 heavy (non-hydrogen) atoms. The van der Waals surface area contributed by atoms with Gasteiger partial charge in [0, 0.05) is 11.0 Å². The van der Waals surface area contributed by atoms with Gasteiger partial charge in [-0.3, -0.25) is 0 Å². The van der Waals surface area contributed by atoms with E-state index in [4.69, 9.17) is 5.73 Å². The van der Waals surface area contributed by atoms with E-state index >= 15 is 0 Å². The zero-order valence-corrected chi connectivity index (χ0v) is 11.4. The monoisotopic (exact) mass is 231 g/mol. The van der Waals surface area contributed by atoms with Gasteiger partial charge in [-0.1, -0.05) is 57.5 Å². The average Bonchev–Trinajstić information content (AvgIpc) is 3.05. The van der Waals surface area contributed by atoms with Crippen LogP contribution in [0.4, 0.5) is 0 Å². The smallest absolute Gasteiger partial charge is 0.0284 e. The lowest BCUT2D eigenvalue weighted by atomic mass is 9.67. The van der Waals surface area contributed by atoms with Crippen molar-refractivity contribution < 1.29 is 0 Å². The van der Waals surface area contributed by atoms with Crippen LogP contribution in [0.3, 0.4) is 0 Å². The Labute approximate surface area is 105 Å². The quantitative estimate of drug-likeness (QED) is 0.818. The lowest BCUT2D eigenvalue weighted by molar-refractivity contribution is 0.279. The molecule has 0 radical (unpaired) electrons. The van der Waals surface area contributed by atoms with Crippen molar-refractivity contribution in [3.63, 3.8) is 0 Å². The minimum atomic E-state index is 0.0343. The molecule has 1 aliphatic carbocycles. The molecule has 1 heteroatoms. The van der Waals surface area contributed by atoms with Gasteiger partial charge in [0.1, 0.15) is 0 Å². The topological polar surface area (TPSA) is 26.0 Å². The van der Waals surface area contributed by atoms with E-state index in [-0.39, 0.29) is 11.0 Å². The SMILES string of the molecule is CCC1CC1(N)C(CC)(CC)c1ccccc1. The molecule has 0 aromatic heterocycles. The minimum absolute atomic E-state index is 0.0343. The fourth-order valence-electron chi connectivity index (χ4n) is 3.79. The first-order valence-corrected chi connectivity index (χ1v) is 6.99. The van der Waals surface area contributed by atoms with Crippen LogP contribution < -0.4 is 5.73 Å². The first-order valence-electron chi connectivity index (χ1n) is 6.99. The second-order valence-corrected chi connectivity index (χ2v) is 5.50. The Kier molecular flexibility index (Phi) is 3.31. The maximum atomic E-state index is 6.73. The molecule has 94 valence electrons. The van der Waals surface area contributed by atoms with Crippen LogP contribution in [-0.2, 0) is 5.41 Å². The molecule has 0 heterocycles. The molecule has 0 saturated heterocycles. The highest BCUT2D eigenvalue weighted by molar-refractivity contribution is 5.36.